The minimum absolute atomic E-state index is 0.00920. The van der Waals surface area contributed by atoms with E-state index in [1.54, 1.807) is 12.4 Å². The minimum Gasteiger partial charge on any atom is -0.493 e. The van der Waals surface area contributed by atoms with Gasteiger partial charge in [0.2, 0.25) is 11.7 Å². The number of amides is 2. The summed E-state index contributed by atoms with van der Waals surface area (Å²) in [7, 11) is 5.38. The van der Waals surface area contributed by atoms with E-state index < -0.39 is 42.3 Å². The number of carboxylic acid groups (broad SMARTS) is 1. The van der Waals surface area contributed by atoms with E-state index in [0.29, 0.717) is 12.4 Å². The summed E-state index contributed by atoms with van der Waals surface area (Å²) in [5.41, 5.74) is 1.09. The highest BCUT2D eigenvalue weighted by molar-refractivity contribution is 5.99. The SMILES string of the molecule is COC(=O)[C@H](Cc1nccn1Cc1ccccc1)NC(=O)[C@@H](CCC(=O)O)NC(=O)c1cc(OC)c(OC)c(OC)c1. The molecule has 0 saturated heterocycles. The molecule has 13 heteroatoms. The van der Waals surface area contributed by atoms with Gasteiger partial charge in [-0.15, -0.1) is 0 Å². The molecule has 3 rings (SSSR count). The Morgan fingerprint density at radius 3 is 2.17 bits per heavy atom. The second kappa shape index (κ2) is 15.1. The first-order chi connectivity index (χ1) is 20.2. The number of carbonyl (C=O) groups excluding carboxylic acids is 3. The number of nitrogens with zero attached hydrogens (tertiary/aromatic N) is 2. The highest BCUT2D eigenvalue weighted by Crippen LogP contribution is 2.38. The average molecular weight is 583 g/mol. The summed E-state index contributed by atoms with van der Waals surface area (Å²) in [6.45, 7) is 0.490. The number of ether oxygens (including phenoxy) is 4. The monoisotopic (exact) mass is 582 g/mol. The summed E-state index contributed by atoms with van der Waals surface area (Å²) in [4.78, 5) is 54.9. The van der Waals surface area contributed by atoms with Crippen LogP contribution in [0.5, 0.6) is 17.2 Å². The van der Waals surface area contributed by atoms with Gasteiger partial charge in [-0.1, -0.05) is 30.3 Å². The highest BCUT2D eigenvalue weighted by atomic mass is 16.5. The van der Waals surface area contributed by atoms with Crippen molar-refractivity contribution in [1.29, 1.82) is 0 Å². The Morgan fingerprint density at radius 1 is 0.929 bits per heavy atom. The summed E-state index contributed by atoms with van der Waals surface area (Å²) in [6.07, 6.45) is 2.67. The lowest BCUT2D eigenvalue weighted by Gasteiger charge is -2.22. The van der Waals surface area contributed by atoms with Gasteiger partial charge in [-0.25, -0.2) is 9.78 Å². The summed E-state index contributed by atoms with van der Waals surface area (Å²) in [6, 6.07) is 9.95. The van der Waals surface area contributed by atoms with Crippen molar-refractivity contribution in [2.24, 2.45) is 0 Å². The van der Waals surface area contributed by atoms with Gasteiger partial charge in [-0.2, -0.15) is 0 Å². The lowest BCUT2D eigenvalue weighted by atomic mass is 10.1. The number of methoxy groups -OCH3 is 4. The van der Waals surface area contributed by atoms with Gasteiger partial charge in [-0.05, 0) is 24.1 Å². The van der Waals surface area contributed by atoms with Crippen molar-refractivity contribution in [2.45, 2.75) is 37.9 Å². The molecular formula is C29H34N4O9. The maximum atomic E-state index is 13.4. The smallest absolute Gasteiger partial charge is 0.328 e. The second-order valence-electron chi connectivity index (χ2n) is 9.12. The Bertz CT molecular complexity index is 1370. The van der Waals surface area contributed by atoms with Crippen molar-refractivity contribution in [3.05, 3.63) is 71.8 Å². The lowest BCUT2D eigenvalue weighted by Crippen LogP contribution is -2.52. The van der Waals surface area contributed by atoms with Crippen LogP contribution in [0.4, 0.5) is 0 Å². The first-order valence-electron chi connectivity index (χ1n) is 13.0. The van der Waals surface area contributed by atoms with Crippen LogP contribution in [-0.2, 0) is 32.1 Å². The molecule has 2 atom stereocenters. The molecule has 0 radical (unpaired) electrons. The number of aliphatic carboxylic acids is 1. The van der Waals surface area contributed by atoms with Gasteiger partial charge in [0.15, 0.2) is 11.5 Å². The molecule has 0 bridgehead atoms. The zero-order chi connectivity index (χ0) is 30.6. The van der Waals surface area contributed by atoms with E-state index in [1.807, 2.05) is 34.9 Å². The zero-order valence-corrected chi connectivity index (χ0v) is 23.8. The summed E-state index contributed by atoms with van der Waals surface area (Å²) < 4.78 is 22.6. The number of carboxylic acids is 1. The first-order valence-corrected chi connectivity index (χ1v) is 13.0. The van der Waals surface area contributed by atoms with Gasteiger partial charge in [0.05, 0.1) is 28.4 Å². The molecule has 2 amide bonds. The molecule has 0 aliphatic carbocycles. The fourth-order valence-electron chi connectivity index (χ4n) is 4.23. The molecule has 0 spiro atoms. The molecule has 0 aliphatic heterocycles. The van der Waals surface area contributed by atoms with Crippen LogP contribution >= 0.6 is 0 Å². The van der Waals surface area contributed by atoms with Gasteiger partial charge in [0.25, 0.3) is 5.91 Å². The van der Waals surface area contributed by atoms with Crippen LogP contribution in [0, 0.1) is 0 Å². The van der Waals surface area contributed by atoms with E-state index in [-0.39, 0.29) is 35.7 Å². The standard InChI is InChI=1S/C29H34N4O9/c1-39-22-14-19(15-23(40-2)26(22)41-3)27(36)31-20(10-11-25(34)35)28(37)32-21(29(38)42-4)16-24-30-12-13-33(24)17-18-8-6-5-7-9-18/h5-9,12-15,20-21H,10-11,16-17H2,1-4H3,(H,31,36)(H,32,37)(H,34,35)/t20-,21+/m1/s1. The number of nitrogens with one attached hydrogen (secondary N) is 2. The van der Waals surface area contributed by atoms with Gasteiger partial charge >= 0.3 is 11.9 Å². The van der Waals surface area contributed by atoms with Gasteiger partial charge in [0.1, 0.15) is 17.9 Å². The molecule has 0 fully saturated rings. The second-order valence-corrected chi connectivity index (χ2v) is 9.12. The Kier molecular flexibility index (Phi) is 11.3. The van der Waals surface area contributed by atoms with Crippen molar-refractivity contribution in [1.82, 2.24) is 20.2 Å². The number of carbonyl (C=O) groups is 4. The summed E-state index contributed by atoms with van der Waals surface area (Å²) in [5, 5.41) is 14.4. The zero-order valence-electron chi connectivity index (χ0n) is 23.8. The lowest BCUT2D eigenvalue weighted by molar-refractivity contribution is -0.145. The van der Waals surface area contributed by atoms with Crippen molar-refractivity contribution in [3.63, 3.8) is 0 Å². The number of benzene rings is 2. The molecule has 1 heterocycles. The summed E-state index contributed by atoms with van der Waals surface area (Å²) >= 11 is 0. The van der Waals surface area contributed by atoms with E-state index in [9.17, 15) is 24.3 Å². The quantitative estimate of drug-likeness (QED) is 0.225. The third-order valence-electron chi connectivity index (χ3n) is 6.38. The van der Waals surface area contributed by atoms with Crippen LogP contribution in [0.15, 0.2) is 54.9 Å². The fraction of sp³-hybridized carbons (Fsp3) is 0.345. The van der Waals surface area contributed by atoms with E-state index in [2.05, 4.69) is 15.6 Å². The Labute approximate surface area is 242 Å². The highest BCUT2D eigenvalue weighted by Gasteiger charge is 2.30. The molecule has 13 nitrogen and oxygen atoms in total. The number of hydrogen-bond donors (Lipinski definition) is 3. The Hall–Kier alpha value is -5.07. The third-order valence-corrected chi connectivity index (χ3v) is 6.38. The van der Waals surface area contributed by atoms with E-state index in [0.717, 1.165) is 5.56 Å². The number of imidazole rings is 1. The van der Waals surface area contributed by atoms with Gasteiger partial charge < -0.3 is 39.3 Å². The number of hydrogen-bond acceptors (Lipinski definition) is 9. The fourth-order valence-corrected chi connectivity index (χ4v) is 4.23. The average Bonchev–Trinajstić information content (AvgIpc) is 3.43. The topological polar surface area (TPSA) is 167 Å². The van der Waals surface area contributed by atoms with Crippen LogP contribution in [0.1, 0.15) is 34.6 Å². The maximum absolute atomic E-state index is 13.4. The molecule has 0 unspecified atom stereocenters. The summed E-state index contributed by atoms with van der Waals surface area (Å²) in [5.74, 6) is -2.16. The Morgan fingerprint density at radius 2 is 1.60 bits per heavy atom. The predicted octanol–water partition coefficient (Wildman–Crippen LogP) is 1.82. The number of aromatic nitrogens is 2. The van der Waals surface area contributed by atoms with Crippen LogP contribution < -0.4 is 24.8 Å². The van der Waals surface area contributed by atoms with Gasteiger partial charge in [0, 0.05) is 37.3 Å². The van der Waals surface area contributed by atoms with Gasteiger partial charge in [-0.3, -0.25) is 14.4 Å². The molecule has 224 valence electrons. The number of esters is 1. The molecule has 42 heavy (non-hydrogen) atoms. The molecule has 2 aromatic carbocycles. The van der Waals surface area contributed by atoms with Crippen molar-refractivity contribution in [3.8, 4) is 17.2 Å². The normalized spacial score (nSPS) is 12.0. The van der Waals surface area contributed by atoms with Crippen molar-refractivity contribution < 1.29 is 43.2 Å². The van der Waals surface area contributed by atoms with Crippen molar-refractivity contribution in [2.75, 3.05) is 28.4 Å². The molecular weight excluding hydrogens is 548 g/mol. The van der Waals surface area contributed by atoms with Crippen LogP contribution in [0.25, 0.3) is 0 Å². The largest absolute Gasteiger partial charge is 0.493 e. The van der Waals surface area contributed by atoms with Crippen molar-refractivity contribution >= 4 is 23.8 Å². The van der Waals surface area contributed by atoms with Crippen LogP contribution in [-0.4, -0.2) is 78.9 Å². The van der Waals surface area contributed by atoms with E-state index in [1.165, 1.54) is 40.6 Å². The minimum atomic E-state index is -1.30. The molecule has 0 saturated carbocycles. The molecule has 3 aromatic rings. The third kappa shape index (κ3) is 8.22. The molecule has 1 aromatic heterocycles. The predicted molar refractivity (Wildman–Crippen MR) is 150 cm³/mol. The molecule has 3 N–H and O–H groups in total. The van der Waals surface area contributed by atoms with Crippen LogP contribution in [0.2, 0.25) is 0 Å². The Balaban J connectivity index is 1.82. The van der Waals surface area contributed by atoms with E-state index >= 15 is 0 Å². The number of rotatable bonds is 15. The van der Waals surface area contributed by atoms with E-state index in [4.69, 9.17) is 18.9 Å². The first kappa shape index (κ1) is 31.5. The maximum Gasteiger partial charge on any atom is 0.328 e. The molecule has 0 aliphatic rings. The van der Waals surface area contributed by atoms with Crippen LogP contribution in [0.3, 0.4) is 0 Å².